The highest BCUT2D eigenvalue weighted by molar-refractivity contribution is 6.11. The molecule has 0 aliphatic heterocycles. The van der Waals surface area contributed by atoms with Crippen LogP contribution >= 0.6 is 0 Å². The van der Waals surface area contributed by atoms with Gasteiger partial charge in [-0.05, 0) is 113 Å². The quantitative estimate of drug-likeness (QED) is 0.183. The molecule has 2 aromatic heterocycles. The topological polar surface area (TPSA) is 21.3 Å². The smallest absolute Gasteiger partial charge is 0.135 e. The molecular weight excluding hydrogens is 657 g/mol. The second-order valence-electron chi connectivity index (χ2n) is 15.0. The van der Waals surface area contributed by atoms with E-state index < -0.39 is 0 Å². The Bertz CT molecular complexity index is 3100. The van der Waals surface area contributed by atoms with Crippen LogP contribution in [0.5, 0.6) is 0 Å². The van der Waals surface area contributed by atoms with Crippen LogP contribution in [0.25, 0.3) is 60.6 Å². The number of furan rings is 1. The predicted molar refractivity (Wildman–Crippen MR) is 223 cm³/mol. The third-order valence-electron chi connectivity index (χ3n) is 12.2. The summed E-state index contributed by atoms with van der Waals surface area (Å²) in [5.41, 5.74) is 17.0. The van der Waals surface area contributed by atoms with Crippen molar-refractivity contribution in [1.29, 1.82) is 0 Å². The number of para-hydroxylation sites is 3. The number of hydrogen-bond acceptors (Lipinski definition) is 2. The van der Waals surface area contributed by atoms with E-state index in [1.165, 1.54) is 55.2 Å². The molecule has 0 saturated heterocycles. The van der Waals surface area contributed by atoms with Gasteiger partial charge in [-0.15, -0.1) is 0 Å². The summed E-state index contributed by atoms with van der Waals surface area (Å²) in [6.07, 6.45) is 2.01. The molecule has 0 unspecified atom stereocenters. The minimum atomic E-state index is -0.105. The lowest BCUT2D eigenvalue weighted by atomic mass is 9.75. The van der Waals surface area contributed by atoms with Crippen molar-refractivity contribution in [2.45, 2.75) is 18.3 Å². The van der Waals surface area contributed by atoms with E-state index in [9.17, 15) is 0 Å². The van der Waals surface area contributed by atoms with Crippen molar-refractivity contribution in [2.24, 2.45) is 0 Å². The Kier molecular flexibility index (Phi) is 6.10. The maximum atomic E-state index is 6.32. The summed E-state index contributed by atoms with van der Waals surface area (Å²) in [4.78, 5) is 2.45. The summed E-state index contributed by atoms with van der Waals surface area (Å²) in [6.45, 7) is 0. The molecule has 254 valence electrons. The van der Waals surface area contributed by atoms with Crippen LogP contribution in [-0.2, 0) is 18.3 Å². The van der Waals surface area contributed by atoms with E-state index in [2.05, 4.69) is 185 Å². The molecule has 0 atom stereocenters. The van der Waals surface area contributed by atoms with Gasteiger partial charge in [-0.25, -0.2) is 0 Å². The molecular formula is C51H34N2O. The van der Waals surface area contributed by atoms with Crippen LogP contribution in [0.1, 0.15) is 22.3 Å². The Labute approximate surface area is 312 Å². The SMILES string of the molecule is c1ccc(-n2c3ccccc3c3ccc(N(c4ccc5c(c4)C4(Cc6ccccc6C4)c4ccccc4-5)c4ccc5oc6ccccc6c5c4)cc32)cc1. The Hall–Kier alpha value is -6.84. The molecule has 3 heteroatoms. The summed E-state index contributed by atoms with van der Waals surface area (Å²) in [6, 6.07) is 66.8. The fraction of sp³-hybridized carbons (Fsp3) is 0.0588. The predicted octanol–water partition coefficient (Wildman–Crippen LogP) is 13.2. The van der Waals surface area contributed by atoms with Gasteiger partial charge in [-0.2, -0.15) is 0 Å². The first-order chi connectivity index (χ1) is 26.7. The summed E-state index contributed by atoms with van der Waals surface area (Å²) in [7, 11) is 0. The molecule has 2 heterocycles. The maximum Gasteiger partial charge on any atom is 0.135 e. The van der Waals surface area contributed by atoms with Gasteiger partial charge in [-0.3, -0.25) is 0 Å². The Balaban J connectivity index is 1.12. The van der Waals surface area contributed by atoms with Gasteiger partial charge in [0, 0.05) is 49.7 Å². The number of hydrogen-bond donors (Lipinski definition) is 0. The molecule has 0 amide bonds. The number of aromatic nitrogens is 1. The van der Waals surface area contributed by atoms with E-state index in [0.29, 0.717) is 0 Å². The number of benzene rings is 8. The van der Waals surface area contributed by atoms with Crippen molar-refractivity contribution in [3.8, 4) is 16.8 Å². The Morgan fingerprint density at radius 2 is 1.04 bits per heavy atom. The Morgan fingerprint density at radius 3 is 1.91 bits per heavy atom. The van der Waals surface area contributed by atoms with Crippen molar-refractivity contribution in [3.63, 3.8) is 0 Å². The fourth-order valence-corrected chi connectivity index (χ4v) is 9.83. The molecule has 0 N–H and O–H groups in total. The first-order valence-corrected chi connectivity index (χ1v) is 18.8. The molecule has 0 fully saturated rings. The van der Waals surface area contributed by atoms with Gasteiger partial charge in [0.15, 0.2) is 0 Å². The molecule has 0 radical (unpaired) electrons. The van der Waals surface area contributed by atoms with Crippen molar-refractivity contribution in [3.05, 3.63) is 204 Å². The third-order valence-corrected chi connectivity index (χ3v) is 12.2. The van der Waals surface area contributed by atoms with Gasteiger partial charge >= 0.3 is 0 Å². The van der Waals surface area contributed by atoms with Gasteiger partial charge in [0.05, 0.1) is 11.0 Å². The normalized spacial score (nSPS) is 13.9. The molecule has 2 aliphatic rings. The number of fused-ring (bicyclic) bond motifs is 12. The van der Waals surface area contributed by atoms with E-state index >= 15 is 0 Å². The van der Waals surface area contributed by atoms with Gasteiger partial charge < -0.3 is 13.9 Å². The summed E-state index contributed by atoms with van der Waals surface area (Å²) in [5.74, 6) is 0. The van der Waals surface area contributed by atoms with Crippen LogP contribution < -0.4 is 4.90 Å². The van der Waals surface area contributed by atoms with E-state index in [1.807, 2.05) is 6.07 Å². The zero-order valence-electron chi connectivity index (χ0n) is 29.5. The van der Waals surface area contributed by atoms with Crippen LogP contribution in [0, 0.1) is 0 Å². The van der Waals surface area contributed by atoms with Gasteiger partial charge in [0.1, 0.15) is 11.2 Å². The van der Waals surface area contributed by atoms with Crippen LogP contribution in [0.3, 0.4) is 0 Å². The molecule has 2 aliphatic carbocycles. The van der Waals surface area contributed by atoms with Crippen LogP contribution in [0.15, 0.2) is 186 Å². The number of nitrogens with zero attached hydrogens (tertiary/aromatic N) is 2. The van der Waals surface area contributed by atoms with Gasteiger partial charge in [0.25, 0.3) is 0 Å². The molecule has 0 saturated carbocycles. The first kappa shape index (κ1) is 29.7. The summed E-state index contributed by atoms with van der Waals surface area (Å²) < 4.78 is 8.73. The zero-order valence-corrected chi connectivity index (χ0v) is 29.5. The molecule has 0 bridgehead atoms. The molecule has 1 spiro atoms. The molecule has 54 heavy (non-hydrogen) atoms. The molecule has 3 nitrogen and oxygen atoms in total. The van der Waals surface area contributed by atoms with Crippen LogP contribution in [0.2, 0.25) is 0 Å². The van der Waals surface area contributed by atoms with Gasteiger partial charge in [-0.1, -0.05) is 115 Å². The molecule has 10 aromatic rings. The lowest BCUT2D eigenvalue weighted by Crippen LogP contribution is -2.26. The van der Waals surface area contributed by atoms with Crippen LogP contribution in [0.4, 0.5) is 17.1 Å². The van der Waals surface area contributed by atoms with Crippen molar-refractivity contribution in [2.75, 3.05) is 4.90 Å². The zero-order chi connectivity index (χ0) is 35.4. The minimum absolute atomic E-state index is 0.105. The monoisotopic (exact) mass is 690 g/mol. The number of rotatable bonds is 4. The fourth-order valence-electron chi connectivity index (χ4n) is 9.83. The second kappa shape index (κ2) is 11.1. The van der Waals surface area contributed by atoms with E-state index in [4.69, 9.17) is 4.42 Å². The van der Waals surface area contributed by atoms with E-state index in [0.717, 1.165) is 57.5 Å². The highest BCUT2D eigenvalue weighted by Crippen LogP contribution is 2.56. The van der Waals surface area contributed by atoms with Crippen molar-refractivity contribution < 1.29 is 4.42 Å². The largest absolute Gasteiger partial charge is 0.456 e. The minimum Gasteiger partial charge on any atom is -0.456 e. The molecule has 8 aromatic carbocycles. The maximum absolute atomic E-state index is 6.32. The number of anilines is 3. The van der Waals surface area contributed by atoms with Crippen LogP contribution in [-0.4, -0.2) is 4.57 Å². The van der Waals surface area contributed by atoms with E-state index in [-0.39, 0.29) is 5.41 Å². The average molecular weight is 691 g/mol. The Morgan fingerprint density at radius 1 is 0.426 bits per heavy atom. The summed E-state index contributed by atoms with van der Waals surface area (Å²) >= 11 is 0. The summed E-state index contributed by atoms with van der Waals surface area (Å²) in [5, 5.41) is 4.73. The standard InChI is InChI=1S/C51H34N2O/c1-2-14-35(15-3-1)53-47-20-10-7-17-41(47)42-26-23-38(30-48(42)53)52(36-24-27-50-44(28-36)43-18-8-11-21-49(43)54-50)37-22-25-40-39-16-6-9-19-45(39)51(46(40)29-37)31-33-12-4-5-13-34(33)32-51/h1-30H,31-32H2. The average Bonchev–Trinajstić information content (AvgIpc) is 3.97. The van der Waals surface area contributed by atoms with Crippen molar-refractivity contribution >= 4 is 60.8 Å². The highest BCUT2D eigenvalue weighted by Gasteiger charge is 2.47. The third kappa shape index (κ3) is 4.12. The molecule has 12 rings (SSSR count). The lowest BCUT2D eigenvalue weighted by Gasteiger charge is -2.30. The van der Waals surface area contributed by atoms with Crippen molar-refractivity contribution in [1.82, 2.24) is 4.57 Å². The lowest BCUT2D eigenvalue weighted by molar-refractivity contribution is 0.563. The van der Waals surface area contributed by atoms with E-state index in [1.54, 1.807) is 0 Å². The highest BCUT2D eigenvalue weighted by atomic mass is 16.3. The second-order valence-corrected chi connectivity index (χ2v) is 15.0. The van der Waals surface area contributed by atoms with Gasteiger partial charge in [0.2, 0.25) is 0 Å². The first-order valence-electron chi connectivity index (χ1n) is 18.8.